The Morgan fingerprint density at radius 2 is 1.76 bits per heavy atom. The predicted octanol–water partition coefficient (Wildman–Crippen LogP) is 3.54. The van der Waals surface area contributed by atoms with Crippen molar-refractivity contribution in [3.63, 3.8) is 0 Å². The summed E-state index contributed by atoms with van der Waals surface area (Å²) in [5.41, 5.74) is 2.40. The standard InChI is InChI=1S/C22H28N2O4S/c1-16-8-10-17(11-9-16)15-23-22(25)18-12-13-20(28-2)21(14-18)29(26,27)24-19-6-4-3-5-7-19/h8-14,19,24H,3-7,15H2,1-2H3,(H,23,25). The third kappa shape index (κ3) is 5.58. The summed E-state index contributed by atoms with van der Waals surface area (Å²) in [6.07, 6.45) is 4.84. The molecule has 1 fully saturated rings. The molecule has 29 heavy (non-hydrogen) atoms. The van der Waals surface area contributed by atoms with Crippen molar-refractivity contribution in [1.82, 2.24) is 10.0 Å². The number of hydrogen-bond donors (Lipinski definition) is 2. The lowest BCUT2D eigenvalue weighted by atomic mass is 9.96. The maximum Gasteiger partial charge on any atom is 0.251 e. The minimum atomic E-state index is -3.79. The van der Waals surface area contributed by atoms with Gasteiger partial charge in [-0.15, -0.1) is 0 Å². The second-order valence-electron chi connectivity index (χ2n) is 7.49. The minimum absolute atomic E-state index is 0.00596. The third-order valence-electron chi connectivity index (χ3n) is 5.22. The van der Waals surface area contributed by atoms with Gasteiger partial charge >= 0.3 is 0 Å². The number of aryl methyl sites for hydroxylation is 1. The topological polar surface area (TPSA) is 84.5 Å². The van der Waals surface area contributed by atoms with E-state index in [9.17, 15) is 13.2 Å². The molecule has 0 spiro atoms. The van der Waals surface area contributed by atoms with Crippen molar-refractivity contribution in [1.29, 1.82) is 0 Å². The Bertz CT molecular complexity index is 949. The van der Waals surface area contributed by atoms with Crippen molar-refractivity contribution in [3.8, 4) is 5.75 Å². The highest BCUT2D eigenvalue weighted by Gasteiger charge is 2.26. The predicted molar refractivity (Wildman–Crippen MR) is 113 cm³/mol. The molecule has 0 aliphatic heterocycles. The second-order valence-corrected chi connectivity index (χ2v) is 9.17. The largest absolute Gasteiger partial charge is 0.495 e. The van der Waals surface area contributed by atoms with E-state index in [1.165, 1.54) is 19.2 Å². The second kappa shape index (κ2) is 9.41. The molecule has 3 rings (SSSR count). The van der Waals surface area contributed by atoms with Crippen LogP contribution in [0.1, 0.15) is 53.6 Å². The first kappa shape index (κ1) is 21.3. The van der Waals surface area contributed by atoms with Crippen LogP contribution in [0.3, 0.4) is 0 Å². The molecule has 1 aliphatic carbocycles. The summed E-state index contributed by atoms with van der Waals surface area (Å²) < 4.78 is 33.9. The molecule has 2 N–H and O–H groups in total. The van der Waals surface area contributed by atoms with Crippen LogP contribution in [-0.4, -0.2) is 27.5 Å². The van der Waals surface area contributed by atoms with Crippen LogP contribution in [0.2, 0.25) is 0 Å². The van der Waals surface area contributed by atoms with E-state index in [2.05, 4.69) is 10.0 Å². The van der Waals surface area contributed by atoms with E-state index in [1.807, 2.05) is 31.2 Å². The highest BCUT2D eigenvalue weighted by Crippen LogP contribution is 2.27. The number of carbonyl (C=O) groups is 1. The Hall–Kier alpha value is -2.38. The van der Waals surface area contributed by atoms with Gasteiger partial charge in [0.2, 0.25) is 10.0 Å². The first-order valence-corrected chi connectivity index (χ1v) is 11.4. The molecular weight excluding hydrogens is 388 g/mol. The number of sulfonamides is 1. The summed E-state index contributed by atoms with van der Waals surface area (Å²) in [4.78, 5) is 12.6. The van der Waals surface area contributed by atoms with Gasteiger partial charge < -0.3 is 10.1 Å². The number of benzene rings is 2. The van der Waals surface area contributed by atoms with Gasteiger partial charge in [0.15, 0.2) is 0 Å². The van der Waals surface area contributed by atoms with Crippen LogP contribution in [0.25, 0.3) is 0 Å². The third-order valence-corrected chi connectivity index (χ3v) is 6.76. The molecule has 0 unspecified atom stereocenters. The van der Waals surface area contributed by atoms with E-state index in [1.54, 1.807) is 6.07 Å². The van der Waals surface area contributed by atoms with Crippen molar-refractivity contribution < 1.29 is 17.9 Å². The number of nitrogens with one attached hydrogen (secondary N) is 2. The van der Waals surface area contributed by atoms with Crippen LogP contribution >= 0.6 is 0 Å². The Morgan fingerprint density at radius 1 is 1.07 bits per heavy atom. The zero-order valence-corrected chi connectivity index (χ0v) is 17.7. The Balaban J connectivity index is 1.76. The zero-order valence-electron chi connectivity index (χ0n) is 16.9. The molecule has 0 bridgehead atoms. The Labute approximate surface area is 172 Å². The van der Waals surface area contributed by atoms with E-state index < -0.39 is 10.0 Å². The number of ether oxygens (including phenoxy) is 1. The highest BCUT2D eigenvalue weighted by atomic mass is 32.2. The van der Waals surface area contributed by atoms with Crippen molar-refractivity contribution >= 4 is 15.9 Å². The first-order chi connectivity index (χ1) is 13.9. The smallest absolute Gasteiger partial charge is 0.251 e. The Kier molecular flexibility index (Phi) is 6.92. The molecule has 0 aromatic heterocycles. The van der Waals surface area contributed by atoms with Crippen LogP contribution in [0.5, 0.6) is 5.75 Å². The number of rotatable bonds is 7. The lowest BCUT2D eigenvalue weighted by Gasteiger charge is -2.23. The van der Waals surface area contributed by atoms with E-state index in [-0.39, 0.29) is 28.2 Å². The Morgan fingerprint density at radius 3 is 2.41 bits per heavy atom. The molecule has 156 valence electrons. The minimum Gasteiger partial charge on any atom is -0.495 e. The quantitative estimate of drug-likeness (QED) is 0.723. The maximum atomic E-state index is 12.9. The van der Waals surface area contributed by atoms with Gasteiger partial charge in [-0.05, 0) is 43.5 Å². The fourth-order valence-electron chi connectivity index (χ4n) is 3.52. The lowest BCUT2D eigenvalue weighted by Crippen LogP contribution is -2.36. The SMILES string of the molecule is COc1ccc(C(=O)NCc2ccc(C)cc2)cc1S(=O)(=O)NC1CCCCC1. The summed E-state index contributed by atoms with van der Waals surface area (Å²) in [5.74, 6) is -0.106. The monoisotopic (exact) mass is 416 g/mol. The molecule has 2 aromatic carbocycles. The molecule has 1 aliphatic rings. The van der Waals surface area contributed by atoms with Gasteiger partial charge in [-0.1, -0.05) is 49.1 Å². The van der Waals surface area contributed by atoms with Crippen molar-refractivity contribution in [2.75, 3.05) is 7.11 Å². The highest BCUT2D eigenvalue weighted by molar-refractivity contribution is 7.89. The van der Waals surface area contributed by atoms with Crippen molar-refractivity contribution in [3.05, 3.63) is 59.2 Å². The molecule has 7 heteroatoms. The van der Waals surface area contributed by atoms with E-state index in [0.29, 0.717) is 6.54 Å². The van der Waals surface area contributed by atoms with Gasteiger partial charge in [0.05, 0.1) is 7.11 Å². The molecule has 6 nitrogen and oxygen atoms in total. The molecule has 0 saturated heterocycles. The van der Waals surface area contributed by atoms with Crippen molar-refractivity contribution in [2.24, 2.45) is 0 Å². The van der Waals surface area contributed by atoms with Gasteiger partial charge in [-0.2, -0.15) is 0 Å². The van der Waals surface area contributed by atoms with Crippen molar-refractivity contribution in [2.45, 2.75) is 56.5 Å². The van der Waals surface area contributed by atoms with Gasteiger partial charge in [0.1, 0.15) is 10.6 Å². The molecule has 0 atom stereocenters. The molecule has 0 radical (unpaired) electrons. The van der Waals surface area contributed by atoms with Gasteiger partial charge in [-0.25, -0.2) is 13.1 Å². The number of hydrogen-bond acceptors (Lipinski definition) is 4. The maximum absolute atomic E-state index is 12.9. The summed E-state index contributed by atoms with van der Waals surface area (Å²) >= 11 is 0. The van der Waals surface area contributed by atoms with Gasteiger partial charge in [0.25, 0.3) is 5.91 Å². The van der Waals surface area contributed by atoms with E-state index in [4.69, 9.17) is 4.74 Å². The van der Waals surface area contributed by atoms with E-state index in [0.717, 1.165) is 43.2 Å². The molecule has 1 amide bonds. The average molecular weight is 417 g/mol. The van der Waals surface area contributed by atoms with Gasteiger partial charge in [0, 0.05) is 18.2 Å². The van der Waals surface area contributed by atoms with Crippen LogP contribution in [-0.2, 0) is 16.6 Å². The molecule has 1 saturated carbocycles. The number of methoxy groups -OCH3 is 1. The van der Waals surface area contributed by atoms with Crippen LogP contribution < -0.4 is 14.8 Å². The van der Waals surface area contributed by atoms with Crippen LogP contribution in [0.15, 0.2) is 47.4 Å². The summed E-state index contributed by atoms with van der Waals surface area (Å²) in [6.45, 7) is 2.37. The summed E-state index contributed by atoms with van der Waals surface area (Å²) in [7, 11) is -2.36. The summed E-state index contributed by atoms with van der Waals surface area (Å²) in [5, 5.41) is 2.84. The molecule has 2 aromatic rings. The average Bonchev–Trinajstić information content (AvgIpc) is 2.73. The van der Waals surface area contributed by atoms with Crippen LogP contribution in [0.4, 0.5) is 0 Å². The zero-order chi connectivity index (χ0) is 20.9. The first-order valence-electron chi connectivity index (χ1n) is 9.93. The molecular formula is C22H28N2O4S. The molecule has 0 heterocycles. The normalized spacial score (nSPS) is 15.1. The fourth-order valence-corrected chi connectivity index (χ4v) is 5.02. The number of carbonyl (C=O) groups excluding carboxylic acids is 1. The van der Waals surface area contributed by atoms with Gasteiger partial charge in [-0.3, -0.25) is 4.79 Å². The lowest BCUT2D eigenvalue weighted by molar-refractivity contribution is 0.0950. The number of amides is 1. The van der Waals surface area contributed by atoms with Crippen LogP contribution in [0, 0.1) is 6.92 Å². The summed E-state index contributed by atoms with van der Waals surface area (Å²) in [6, 6.07) is 12.3. The van der Waals surface area contributed by atoms with E-state index >= 15 is 0 Å². The fraction of sp³-hybridized carbons (Fsp3) is 0.409.